The molecule has 0 amide bonds. The van der Waals surface area contributed by atoms with E-state index in [1.807, 2.05) is 0 Å². The third-order valence-electron chi connectivity index (χ3n) is 3.36. The van der Waals surface area contributed by atoms with E-state index in [2.05, 4.69) is 15.0 Å². The summed E-state index contributed by atoms with van der Waals surface area (Å²) in [6.07, 6.45) is 0.933. The largest absolute Gasteiger partial charge is 0.384 e. The van der Waals surface area contributed by atoms with Crippen LogP contribution < -0.4 is 5.73 Å². The number of thioether (sulfide) groups is 1. The third kappa shape index (κ3) is 2.94. The Labute approximate surface area is 133 Å². The van der Waals surface area contributed by atoms with Gasteiger partial charge in [0.15, 0.2) is 11.5 Å². The van der Waals surface area contributed by atoms with E-state index in [-0.39, 0.29) is 23.6 Å². The maximum absolute atomic E-state index is 10.9. The van der Waals surface area contributed by atoms with Crippen molar-refractivity contribution >= 4 is 36.3 Å². The predicted molar refractivity (Wildman–Crippen MR) is 80.2 cm³/mol. The van der Waals surface area contributed by atoms with Crippen LogP contribution in [0.2, 0.25) is 0 Å². The lowest BCUT2D eigenvalue weighted by molar-refractivity contribution is -0.271. The minimum Gasteiger partial charge on any atom is -0.384 e. The highest BCUT2D eigenvalue weighted by Gasteiger charge is 2.51. The Hall–Kier alpha value is -1.27. The molecular weight excluding hydrogens is 349 g/mol. The lowest BCUT2D eigenvalue weighted by Gasteiger charge is -2.27. The summed E-state index contributed by atoms with van der Waals surface area (Å²) in [7, 11) is -4.23. The summed E-state index contributed by atoms with van der Waals surface area (Å²) >= 11 is 0.818. The van der Waals surface area contributed by atoms with Crippen molar-refractivity contribution in [1.29, 1.82) is 0 Å². The fraction of sp³-hybridized carbons (Fsp3) is 0.500. The first-order valence-electron chi connectivity index (χ1n) is 6.37. The second-order valence-corrected chi connectivity index (χ2v) is 8.26. The lowest BCUT2D eigenvalue weighted by Crippen LogP contribution is -2.44. The Morgan fingerprint density at radius 3 is 2.91 bits per heavy atom. The van der Waals surface area contributed by atoms with Gasteiger partial charge in [0, 0.05) is 0 Å². The average Bonchev–Trinajstić information content (AvgIpc) is 3.01. The molecule has 2 aromatic heterocycles. The van der Waals surface area contributed by atoms with Crippen molar-refractivity contribution in [2.45, 2.75) is 17.3 Å². The molecule has 11 nitrogen and oxygen atoms in total. The maximum atomic E-state index is 10.9. The molecule has 0 bridgehead atoms. The van der Waals surface area contributed by atoms with Gasteiger partial charge in [-0.25, -0.2) is 15.0 Å². The molecule has 0 saturated carbocycles. The zero-order valence-corrected chi connectivity index (χ0v) is 13.3. The summed E-state index contributed by atoms with van der Waals surface area (Å²) in [6, 6.07) is 0. The molecule has 3 atom stereocenters. The van der Waals surface area contributed by atoms with Gasteiger partial charge in [0.2, 0.25) is 0 Å². The first-order valence-corrected chi connectivity index (χ1v) is 9.21. The molecule has 0 aromatic carbocycles. The molecule has 13 heteroatoms. The second-order valence-electron chi connectivity index (χ2n) is 4.96. The molecule has 3 heterocycles. The number of fused-ring (bicyclic) bond motifs is 1. The molecule has 126 valence electrons. The van der Waals surface area contributed by atoms with Gasteiger partial charge in [-0.1, -0.05) is 0 Å². The number of anilines is 1. The molecule has 0 spiro atoms. The molecular formula is C10H14N5O6PS. The topological polar surface area (TPSA) is 177 Å². The van der Waals surface area contributed by atoms with Crippen molar-refractivity contribution in [1.82, 2.24) is 19.5 Å². The van der Waals surface area contributed by atoms with Crippen molar-refractivity contribution in [3.63, 3.8) is 0 Å². The minimum absolute atomic E-state index is 0.109. The molecule has 0 radical (unpaired) electrons. The van der Waals surface area contributed by atoms with Gasteiger partial charge < -0.3 is 30.5 Å². The molecule has 1 saturated heterocycles. The Morgan fingerprint density at radius 1 is 1.48 bits per heavy atom. The van der Waals surface area contributed by atoms with Gasteiger partial charge in [-0.05, 0) is 0 Å². The van der Waals surface area contributed by atoms with E-state index in [4.69, 9.17) is 20.3 Å². The van der Waals surface area contributed by atoms with Gasteiger partial charge in [0.1, 0.15) is 24.3 Å². The number of rotatable bonds is 4. The van der Waals surface area contributed by atoms with Gasteiger partial charge in [0.05, 0.1) is 17.4 Å². The van der Waals surface area contributed by atoms with Gasteiger partial charge in [-0.15, -0.1) is 11.8 Å². The molecule has 2 aromatic rings. The highest BCUT2D eigenvalue weighted by Crippen LogP contribution is 2.44. The Morgan fingerprint density at radius 2 is 2.22 bits per heavy atom. The number of hydrogen-bond acceptors (Lipinski definition) is 9. The van der Waals surface area contributed by atoms with E-state index in [0.717, 1.165) is 16.3 Å². The molecule has 3 rings (SSSR count). The van der Waals surface area contributed by atoms with E-state index in [0.29, 0.717) is 0 Å². The van der Waals surface area contributed by atoms with Gasteiger partial charge in [0.25, 0.3) is 5.91 Å². The lowest BCUT2D eigenvalue weighted by atomic mass is 10.2. The summed E-state index contributed by atoms with van der Waals surface area (Å²) in [5.74, 6) is -2.06. The van der Waals surface area contributed by atoms with Crippen molar-refractivity contribution in [2.24, 2.45) is 0 Å². The minimum atomic E-state index is -4.23. The van der Waals surface area contributed by atoms with Crippen LogP contribution >= 0.6 is 19.4 Å². The van der Waals surface area contributed by atoms with Crippen molar-refractivity contribution in [2.75, 3.05) is 17.8 Å². The van der Waals surface area contributed by atoms with Crippen molar-refractivity contribution in [3.05, 3.63) is 12.7 Å². The first kappa shape index (κ1) is 16.6. The number of nitrogens with two attached hydrogens (primary N) is 1. The van der Waals surface area contributed by atoms with Crippen LogP contribution in [0.15, 0.2) is 12.7 Å². The summed E-state index contributed by atoms with van der Waals surface area (Å²) in [6.45, 7) is -0.109. The Bertz CT molecular complexity index is 782. The van der Waals surface area contributed by atoms with Crippen LogP contribution in [0.5, 0.6) is 0 Å². The fourth-order valence-corrected chi connectivity index (χ4v) is 4.32. The summed E-state index contributed by atoms with van der Waals surface area (Å²) in [4.78, 5) is 29.5. The van der Waals surface area contributed by atoms with Crippen LogP contribution in [0, 0.1) is 0 Å². The number of ether oxygens (including phenoxy) is 1. The molecule has 23 heavy (non-hydrogen) atoms. The zero-order chi connectivity index (χ0) is 16.8. The number of aliphatic hydroxyl groups is 2. The third-order valence-corrected chi connectivity index (χ3v) is 6.12. The van der Waals surface area contributed by atoms with Crippen molar-refractivity contribution in [3.8, 4) is 0 Å². The van der Waals surface area contributed by atoms with E-state index < -0.39 is 30.4 Å². The SMILES string of the molecule is Nc1ncnc2c1ncn2[C@@]1(O)OC[C@H](SCP(=O)(O)O)[C@H]1O. The van der Waals surface area contributed by atoms with Crippen LogP contribution in [-0.4, -0.2) is 63.0 Å². The highest BCUT2D eigenvalue weighted by molar-refractivity contribution is 8.05. The molecule has 1 fully saturated rings. The monoisotopic (exact) mass is 363 g/mol. The standard InChI is InChI=1S/C10H14N5O6PS/c11-8-6-9(13-2-12-8)15(3-14-6)10(17)7(16)5(1-21-10)23-4-22(18,19)20/h2-3,5,7,16-17H,1,4H2,(H2,11,12,13)(H2,18,19,20)/t5-,7+,10-/m0/s1. The number of aromatic nitrogens is 4. The van der Waals surface area contributed by atoms with Crippen molar-refractivity contribution < 1.29 is 29.3 Å². The van der Waals surface area contributed by atoms with E-state index >= 15 is 0 Å². The summed E-state index contributed by atoms with van der Waals surface area (Å²) in [5.41, 5.74) is 5.58. The highest BCUT2D eigenvalue weighted by atomic mass is 32.2. The summed E-state index contributed by atoms with van der Waals surface area (Å²) < 4.78 is 17.3. The van der Waals surface area contributed by atoms with Crippen LogP contribution in [0.4, 0.5) is 5.82 Å². The van der Waals surface area contributed by atoms with Gasteiger partial charge >= 0.3 is 7.60 Å². The molecule has 6 N–H and O–H groups in total. The number of nitrogens with zero attached hydrogens (tertiary/aromatic N) is 4. The fourth-order valence-electron chi connectivity index (χ4n) is 2.25. The predicted octanol–water partition coefficient (Wildman–Crippen LogP) is -1.36. The number of hydrogen-bond donors (Lipinski definition) is 5. The summed E-state index contributed by atoms with van der Waals surface area (Å²) in [5, 5.41) is 20.3. The van der Waals surface area contributed by atoms with E-state index in [1.165, 1.54) is 12.7 Å². The van der Waals surface area contributed by atoms with E-state index in [1.54, 1.807) is 0 Å². The maximum Gasteiger partial charge on any atom is 0.335 e. The molecule has 0 aliphatic carbocycles. The quantitative estimate of drug-likeness (QED) is 0.405. The van der Waals surface area contributed by atoms with E-state index in [9.17, 15) is 14.8 Å². The van der Waals surface area contributed by atoms with Crippen LogP contribution in [0.1, 0.15) is 0 Å². The zero-order valence-electron chi connectivity index (χ0n) is 11.6. The van der Waals surface area contributed by atoms with Crippen LogP contribution in [-0.2, 0) is 15.2 Å². The van der Waals surface area contributed by atoms with Crippen LogP contribution in [0.25, 0.3) is 11.2 Å². The van der Waals surface area contributed by atoms with Gasteiger partial charge in [-0.2, -0.15) is 0 Å². The smallest absolute Gasteiger partial charge is 0.335 e. The average molecular weight is 363 g/mol. The Balaban J connectivity index is 1.90. The molecule has 1 aliphatic heterocycles. The number of imidazole rings is 1. The first-order chi connectivity index (χ1) is 10.7. The number of aliphatic hydroxyl groups excluding tert-OH is 1. The number of nitrogen functional groups attached to an aromatic ring is 1. The molecule has 0 unspecified atom stereocenters. The Kier molecular flexibility index (Phi) is 4.09. The van der Waals surface area contributed by atoms with Crippen LogP contribution in [0.3, 0.4) is 0 Å². The van der Waals surface area contributed by atoms with Gasteiger partial charge in [-0.3, -0.25) is 9.13 Å². The molecule has 1 aliphatic rings. The second kappa shape index (κ2) is 5.67. The normalized spacial score (nSPS) is 28.5.